The molecule has 0 spiro atoms. The Bertz CT molecular complexity index is 599. The van der Waals surface area contributed by atoms with Crippen LogP contribution in [0.3, 0.4) is 0 Å². The van der Waals surface area contributed by atoms with Crippen LogP contribution in [0.15, 0.2) is 24.3 Å². The van der Waals surface area contributed by atoms with Crippen LogP contribution in [0.1, 0.15) is 56.3 Å². The van der Waals surface area contributed by atoms with Crippen molar-refractivity contribution in [3.05, 3.63) is 29.8 Å². The molecular weight excluding hydrogens is 286 g/mol. The molecule has 0 unspecified atom stereocenters. The molecule has 0 amide bonds. The Hall–Kier alpha value is -1.36. The maximum absolute atomic E-state index is 12.7. The minimum Gasteiger partial charge on any atom is -0.294 e. The third kappa shape index (κ3) is 3.46. The number of hydrogen-bond donors (Lipinski definition) is 1. The lowest BCUT2D eigenvalue weighted by Crippen LogP contribution is -2.27. The van der Waals surface area contributed by atoms with Gasteiger partial charge in [-0.2, -0.15) is 0 Å². The lowest BCUT2D eigenvalue weighted by Gasteiger charge is -2.25. The maximum Gasteiger partial charge on any atom is 0.232 e. The van der Waals surface area contributed by atoms with E-state index in [0.29, 0.717) is 11.3 Å². The zero-order valence-electron chi connectivity index (χ0n) is 12.7. The van der Waals surface area contributed by atoms with Gasteiger partial charge in [0, 0.05) is 16.7 Å². The maximum atomic E-state index is 12.7. The minimum absolute atomic E-state index is 0.0344. The highest BCUT2D eigenvalue weighted by molar-refractivity contribution is 7.92. The van der Waals surface area contributed by atoms with Gasteiger partial charge in [-0.25, -0.2) is 8.42 Å². The Morgan fingerprint density at radius 1 is 1.14 bits per heavy atom. The molecule has 0 radical (unpaired) electrons. The highest BCUT2D eigenvalue weighted by Crippen LogP contribution is 2.43. The Balaban J connectivity index is 2.17. The molecule has 1 fully saturated rings. The van der Waals surface area contributed by atoms with E-state index in [1.54, 1.807) is 31.2 Å². The molecule has 116 valence electrons. The monoisotopic (exact) mass is 309 g/mol. The largest absolute Gasteiger partial charge is 0.294 e. The van der Waals surface area contributed by atoms with Crippen LogP contribution >= 0.6 is 0 Å². The normalized spacial score (nSPS) is 17.6. The van der Waals surface area contributed by atoms with E-state index in [-0.39, 0.29) is 17.0 Å². The molecule has 0 aliphatic heterocycles. The topological polar surface area (TPSA) is 63.2 Å². The fourth-order valence-electron chi connectivity index (χ4n) is 3.04. The van der Waals surface area contributed by atoms with E-state index in [1.165, 1.54) is 0 Å². The van der Waals surface area contributed by atoms with E-state index < -0.39 is 10.0 Å². The Kier molecular flexibility index (Phi) is 4.71. The summed E-state index contributed by atoms with van der Waals surface area (Å²) in [4.78, 5) is 12.7. The van der Waals surface area contributed by atoms with Crippen LogP contribution in [0, 0.1) is 5.41 Å². The molecule has 1 aliphatic carbocycles. The number of benzene rings is 1. The summed E-state index contributed by atoms with van der Waals surface area (Å²) in [6.45, 7) is 3.66. The number of anilines is 1. The van der Waals surface area contributed by atoms with Crippen molar-refractivity contribution in [1.29, 1.82) is 0 Å². The number of Topliss-reactive ketones (excluding diaryl/α,β-unsaturated/α-hetero) is 1. The Labute approximate surface area is 127 Å². The van der Waals surface area contributed by atoms with Crippen molar-refractivity contribution in [2.75, 3.05) is 10.5 Å². The predicted octanol–water partition coefficient (Wildman–Crippen LogP) is 3.60. The Morgan fingerprint density at radius 3 is 2.19 bits per heavy atom. The summed E-state index contributed by atoms with van der Waals surface area (Å²) in [5.41, 5.74) is 0.980. The second-order valence-corrected chi connectivity index (χ2v) is 7.76. The second kappa shape index (κ2) is 6.18. The number of carbonyl (C=O) groups excluding carboxylic acids is 1. The molecule has 1 aromatic carbocycles. The first-order valence-corrected chi connectivity index (χ1v) is 9.23. The molecule has 1 aromatic rings. The average Bonchev–Trinajstić information content (AvgIpc) is 2.97. The van der Waals surface area contributed by atoms with Gasteiger partial charge >= 0.3 is 0 Å². The van der Waals surface area contributed by atoms with Crippen LogP contribution in [0.4, 0.5) is 5.69 Å². The van der Waals surface area contributed by atoms with Crippen molar-refractivity contribution < 1.29 is 13.2 Å². The molecule has 0 aromatic heterocycles. The SMILES string of the molecule is CCC1(C(=O)c2ccc(NS(=O)(=O)CC)cc2)CCCC1. The van der Waals surface area contributed by atoms with Crippen molar-refractivity contribution in [2.45, 2.75) is 46.0 Å². The van der Waals surface area contributed by atoms with Crippen molar-refractivity contribution in [3.63, 3.8) is 0 Å². The number of carbonyl (C=O) groups is 1. The highest BCUT2D eigenvalue weighted by atomic mass is 32.2. The van der Waals surface area contributed by atoms with Crippen LogP contribution < -0.4 is 4.72 Å². The minimum atomic E-state index is -3.27. The van der Waals surface area contributed by atoms with Crippen molar-refractivity contribution in [3.8, 4) is 0 Å². The summed E-state index contributed by atoms with van der Waals surface area (Å²) in [5, 5.41) is 0. The molecule has 1 saturated carbocycles. The standard InChI is InChI=1S/C16H23NO3S/c1-3-16(11-5-6-12-16)15(18)13-7-9-14(10-8-13)17-21(19,20)4-2/h7-10,17H,3-6,11-12H2,1-2H3. The molecule has 0 atom stereocenters. The van der Waals surface area contributed by atoms with Crippen LogP contribution in [-0.4, -0.2) is 20.0 Å². The first-order valence-electron chi connectivity index (χ1n) is 7.58. The van der Waals surface area contributed by atoms with Gasteiger partial charge in [0.25, 0.3) is 0 Å². The van der Waals surface area contributed by atoms with Gasteiger partial charge < -0.3 is 0 Å². The number of sulfonamides is 1. The van der Waals surface area contributed by atoms with Crippen molar-refractivity contribution in [1.82, 2.24) is 0 Å². The first kappa shape index (κ1) is 16.0. The van der Waals surface area contributed by atoms with Crippen molar-refractivity contribution in [2.24, 2.45) is 5.41 Å². The zero-order chi connectivity index (χ0) is 15.5. The molecule has 0 bridgehead atoms. The summed E-state index contributed by atoms with van der Waals surface area (Å²) in [6, 6.07) is 6.79. The molecule has 1 N–H and O–H groups in total. The number of rotatable bonds is 6. The van der Waals surface area contributed by atoms with Gasteiger partial charge in [0.1, 0.15) is 0 Å². The molecule has 5 heteroatoms. The molecule has 21 heavy (non-hydrogen) atoms. The lowest BCUT2D eigenvalue weighted by atomic mass is 9.76. The zero-order valence-corrected chi connectivity index (χ0v) is 13.5. The average molecular weight is 309 g/mol. The predicted molar refractivity (Wildman–Crippen MR) is 85.0 cm³/mol. The summed E-state index contributed by atoms with van der Waals surface area (Å²) < 4.78 is 25.5. The first-order chi connectivity index (χ1) is 9.92. The van der Waals surface area contributed by atoms with E-state index >= 15 is 0 Å². The summed E-state index contributed by atoms with van der Waals surface area (Å²) in [5.74, 6) is 0.236. The lowest BCUT2D eigenvalue weighted by molar-refractivity contribution is 0.0791. The second-order valence-electron chi connectivity index (χ2n) is 5.75. The fraction of sp³-hybridized carbons (Fsp3) is 0.562. The van der Waals surface area contributed by atoms with E-state index in [9.17, 15) is 13.2 Å². The quantitative estimate of drug-likeness (QED) is 0.817. The summed E-state index contributed by atoms with van der Waals surface area (Å²) in [7, 11) is -3.27. The molecule has 2 rings (SSSR count). The third-order valence-electron chi connectivity index (χ3n) is 4.52. The van der Waals surface area contributed by atoms with Gasteiger partial charge in [0.15, 0.2) is 5.78 Å². The van der Waals surface area contributed by atoms with E-state index in [4.69, 9.17) is 0 Å². The van der Waals surface area contributed by atoms with E-state index in [2.05, 4.69) is 11.6 Å². The molecule has 0 heterocycles. The molecule has 4 nitrogen and oxygen atoms in total. The molecule has 0 saturated heterocycles. The van der Waals surface area contributed by atoms with Gasteiger partial charge in [-0.15, -0.1) is 0 Å². The van der Waals surface area contributed by atoms with Crippen molar-refractivity contribution >= 4 is 21.5 Å². The fourth-order valence-corrected chi connectivity index (χ4v) is 3.68. The third-order valence-corrected chi connectivity index (χ3v) is 5.83. The molecule has 1 aliphatic rings. The van der Waals surface area contributed by atoms with Crippen LogP contribution in [0.25, 0.3) is 0 Å². The highest BCUT2D eigenvalue weighted by Gasteiger charge is 2.39. The van der Waals surface area contributed by atoms with Crippen LogP contribution in [-0.2, 0) is 10.0 Å². The molecular formula is C16H23NO3S. The number of hydrogen-bond acceptors (Lipinski definition) is 3. The van der Waals surface area contributed by atoms with Gasteiger partial charge in [-0.1, -0.05) is 19.8 Å². The number of nitrogens with one attached hydrogen (secondary N) is 1. The Morgan fingerprint density at radius 2 is 1.71 bits per heavy atom. The van der Waals surface area contributed by atoms with Gasteiger partial charge in [-0.05, 0) is 50.5 Å². The summed E-state index contributed by atoms with van der Waals surface area (Å²) in [6.07, 6.45) is 5.04. The smallest absolute Gasteiger partial charge is 0.232 e. The van der Waals surface area contributed by atoms with E-state index in [0.717, 1.165) is 32.1 Å². The number of ketones is 1. The summed E-state index contributed by atoms with van der Waals surface area (Å²) >= 11 is 0. The van der Waals surface area contributed by atoms with Crippen LogP contribution in [0.5, 0.6) is 0 Å². The van der Waals surface area contributed by atoms with Gasteiger partial charge in [0.2, 0.25) is 10.0 Å². The van der Waals surface area contributed by atoms with E-state index in [1.807, 2.05) is 0 Å². The van der Waals surface area contributed by atoms with Crippen LogP contribution in [0.2, 0.25) is 0 Å². The van der Waals surface area contributed by atoms with Gasteiger partial charge in [-0.3, -0.25) is 9.52 Å². The van der Waals surface area contributed by atoms with Gasteiger partial charge in [0.05, 0.1) is 5.75 Å².